The highest BCUT2D eigenvalue weighted by Crippen LogP contribution is 2.51. The van der Waals surface area contributed by atoms with Gasteiger partial charge in [-0.15, -0.1) is 0 Å². The quantitative estimate of drug-likeness (QED) is 0.193. The summed E-state index contributed by atoms with van der Waals surface area (Å²) < 4.78 is 2.23. The smallest absolute Gasteiger partial charge is 0.101 e. The van der Waals surface area contributed by atoms with E-state index in [1.165, 1.54) is 22.3 Å². The lowest BCUT2D eigenvalue weighted by molar-refractivity contribution is 0.661. The van der Waals surface area contributed by atoms with Crippen molar-refractivity contribution in [2.24, 2.45) is 0 Å². The fourth-order valence-electron chi connectivity index (χ4n) is 8.05. The van der Waals surface area contributed by atoms with Crippen molar-refractivity contribution in [3.05, 3.63) is 174 Å². The van der Waals surface area contributed by atoms with Gasteiger partial charge in [-0.05, 0) is 86.5 Å². The Morgan fingerprint density at radius 2 is 1.12 bits per heavy atom. The first-order chi connectivity index (χ1) is 24.5. The maximum absolute atomic E-state index is 10.7. The monoisotopic (exact) mass is 637 g/mol. The van der Waals surface area contributed by atoms with Gasteiger partial charge in [0.05, 0.1) is 33.9 Å². The van der Waals surface area contributed by atoms with Gasteiger partial charge < -0.3 is 4.57 Å². The second-order valence-electron chi connectivity index (χ2n) is 13.6. The molecule has 0 unspecified atom stereocenters. The summed E-state index contributed by atoms with van der Waals surface area (Å²) in [6.07, 6.45) is 0. The fraction of sp³-hybridized carbons (Fsp3) is 0.0638. The van der Waals surface area contributed by atoms with Crippen LogP contribution in [0.15, 0.2) is 152 Å². The van der Waals surface area contributed by atoms with Crippen LogP contribution in [-0.2, 0) is 5.41 Å². The first-order valence-electron chi connectivity index (χ1n) is 16.9. The van der Waals surface area contributed by atoms with Gasteiger partial charge in [-0.1, -0.05) is 129 Å². The van der Waals surface area contributed by atoms with E-state index in [2.05, 4.69) is 140 Å². The number of nitrogens with zero attached hydrogens (tertiary/aromatic N) is 3. The maximum Gasteiger partial charge on any atom is 0.101 e. The van der Waals surface area contributed by atoms with E-state index in [9.17, 15) is 10.5 Å². The van der Waals surface area contributed by atoms with Crippen LogP contribution in [-0.4, -0.2) is 4.57 Å². The molecule has 1 aliphatic carbocycles. The molecule has 0 N–H and O–H groups in total. The van der Waals surface area contributed by atoms with Crippen molar-refractivity contribution in [2.75, 3.05) is 0 Å². The predicted molar refractivity (Wildman–Crippen MR) is 204 cm³/mol. The third kappa shape index (κ3) is 4.35. The Bertz CT molecular complexity index is 2740. The van der Waals surface area contributed by atoms with Gasteiger partial charge in [0, 0.05) is 21.8 Å². The number of nitriles is 2. The topological polar surface area (TPSA) is 52.5 Å². The molecule has 8 aromatic rings. The lowest BCUT2D eigenvalue weighted by atomic mass is 9.82. The van der Waals surface area contributed by atoms with E-state index in [4.69, 9.17) is 0 Å². The lowest BCUT2D eigenvalue weighted by Gasteiger charge is -2.22. The minimum Gasteiger partial charge on any atom is -0.308 e. The summed E-state index contributed by atoms with van der Waals surface area (Å²) in [5.74, 6) is 0. The van der Waals surface area contributed by atoms with Gasteiger partial charge in [0.2, 0.25) is 0 Å². The average molecular weight is 638 g/mol. The molecule has 3 heteroatoms. The van der Waals surface area contributed by atoms with Gasteiger partial charge in [0.25, 0.3) is 0 Å². The molecule has 1 aromatic heterocycles. The highest BCUT2D eigenvalue weighted by Gasteiger charge is 2.36. The summed E-state index contributed by atoms with van der Waals surface area (Å²) in [4.78, 5) is 0. The molecule has 1 aliphatic rings. The molecule has 9 rings (SSSR count). The molecular formula is C47H31N3. The molecule has 0 atom stereocenters. The number of benzene rings is 7. The standard InChI is InChI=1S/C47H31N3/c1-47(2)42-19-11-9-17-36(42)40-25-41-37-18-10-12-20-44(37)50(46(41)27-43(40)47)45-26-38(33(28-48)23-34(45)29-49)39-24-32(30-13-5-3-6-14-30)21-22-35(39)31-15-7-4-8-16-31/h3-27H,1-2H3. The van der Waals surface area contributed by atoms with Crippen LogP contribution in [0.4, 0.5) is 0 Å². The largest absolute Gasteiger partial charge is 0.308 e. The van der Waals surface area contributed by atoms with Crippen molar-refractivity contribution in [1.29, 1.82) is 10.5 Å². The maximum atomic E-state index is 10.7. The Morgan fingerprint density at radius 1 is 0.440 bits per heavy atom. The number of hydrogen-bond donors (Lipinski definition) is 0. The first kappa shape index (κ1) is 29.5. The second kappa shape index (κ2) is 11.2. The number of aromatic nitrogens is 1. The van der Waals surface area contributed by atoms with Crippen LogP contribution >= 0.6 is 0 Å². The van der Waals surface area contributed by atoms with E-state index < -0.39 is 0 Å². The van der Waals surface area contributed by atoms with Crippen LogP contribution in [0.25, 0.3) is 72.0 Å². The third-order valence-electron chi connectivity index (χ3n) is 10.5. The van der Waals surface area contributed by atoms with Crippen LogP contribution in [0.2, 0.25) is 0 Å². The van der Waals surface area contributed by atoms with E-state index in [-0.39, 0.29) is 5.41 Å². The first-order valence-corrected chi connectivity index (χ1v) is 16.9. The molecule has 7 aromatic carbocycles. The molecule has 0 bridgehead atoms. The van der Waals surface area contributed by atoms with Gasteiger partial charge >= 0.3 is 0 Å². The van der Waals surface area contributed by atoms with Gasteiger partial charge in [0.1, 0.15) is 6.07 Å². The molecule has 3 nitrogen and oxygen atoms in total. The van der Waals surface area contributed by atoms with E-state index >= 15 is 0 Å². The van der Waals surface area contributed by atoms with E-state index in [1.54, 1.807) is 6.07 Å². The van der Waals surface area contributed by atoms with Gasteiger partial charge in [0.15, 0.2) is 0 Å². The van der Waals surface area contributed by atoms with Crippen molar-refractivity contribution in [1.82, 2.24) is 4.57 Å². The summed E-state index contributed by atoms with van der Waals surface area (Å²) >= 11 is 0. The van der Waals surface area contributed by atoms with Crippen LogP contribution in [0.1, 0.15) is 36.1 Å². The fourth-order valence-corrected chi connectivity index (χ4v) is 8.05. The number of para-hydroxylation sites is 1. The average Bonchev–Trinajstić information content (AvgIpc) is 3.61. The van der Waals surface area contributed by atoms with Crippen LogP contribution in [0, 0.1) is 22.7 Å². The summed E-state index contributed by atoms with van der Waals surface area (Å²) in [5.41, 5.74) is 14.6. The molecule has 50 heavy (non-hydrogen) atoms. The summed E-state index contributed by atoms with van der Waals surface area (Å²) in [6.45, 7) is 4.59. The SMILES string of the molecule is CC1(C)c2ccccc2-c2cc3c4ccccc4n(-c4cc(-c5cc(-c6ccccc6)ccc5-c5ccccc5)c(C#N)cc4C#N)c3cc21. The van der Waals surface area contributed by atoms with Gasteiger partial charge in [-0.2, -0.15) is 10.5 Å². The summed E-state index contributed by atoms with van der Waals surface area (Å²) in [7, 11) is 0. The number of rotatable bonds is 4. The molecular weight excluding hydrogens is 607 g/mol. The minimum absolute atomic E-state index is 0.183. The Kier molecular flexibility index (Phi) is 6.60. The lowest BCUT2D eigenvalue weighted by Crippen LogP contribution is -2.15. The highest BCUT2D eigenvalue weighted by molar-refractivity contribution is 6.12. The molecule has 0 aliphatic heterocycles. The minimum atomic E-state index is -0.183. The molecule has 0 saturated carbocycles. The molecule has 1 heterocycles. The number of hydrogen-bond acceptors (Lipinski definition) is 2. The normalized spacial score (nSPS) is 12.7. The number of fused-ring (bicyclic) bond motifs is 6. The van der Waals surface area contributed by atoms with Crippen molar-refractivity contribution in [2.45, 2.75) is 19.3 Å². The zero-order valence-corrected chi connectivity index (χ0v) is 27.8. The van der Waals surface area contributed by atoms with Crippen molar-refractivity contribution in [3.8, 4) is 62.3 Å². The van der Waals surface area contributed by atoms with Crippen LogP contribution < -0.4 is 0 Å². The Labute approximate surface area is 291 Å². The third-order valence-corrected chi connectivity index (χ3v) is 10.5. The predicted octanol–water partition coefficient (Wildman–Crippen LogP) is 11.8. The Hall–Kier alpha value is -6.68. The van der Waals surface area contributed by atoms with E-state index in [0.717, 1.165) is 60.9 Å². The highest BCUT2D eigenvalue weighted by atomic mass is 15.0. The van der Waals surface area contributed by atoms with E-state index in [0.29, 0.717) is 11.1 Å². The Balaban J connectivity index is 1.36. The zero-order chi connectivity index (χ0) is 34.0. The van der Waals surface area contributed by atoms with Crippen LogP contribution in [0.3, 0.4) is 0 Å². The van der Waals surface area contributed by atoms with Crippen molar-refractivity contribution in [3.63, 3.8) is 0 Å². The van der Waals surface area contributed by atoms with Crippen LogP contribution in [0.5, 0.6) is 0 Å². The van der Waals surface area contributed by atoms with E-state index in [1.807, 2.05) is 36.4 Å². The summed E-state index contributed by atoms with van der Waals surface area (Å²) in [6, 6.07) is 57.6. The van der Waals surface area contributed by atoms with Gasteiger partial charge in [-0.25, -0.2) is 0 Å². The van der Waals surface area contributed by atoms with Crippen molar-refractivity contribution >= 4 is 21.8 Å². The summed E-state index contributed by atoms with van der Waals surface area (Å²) in [5, 5.41) is 23.5. The molecule has 0 amide bonds. The molecule has 0 fully saturated rings. The second-order valence-corrected chi connectivity index (χ2v) is 13.6. The van der Waals surface area contributed by atoms with Crippen molar-refractivity contribution < 1.29 is 0 Å². The molecule has 0 spiro atoms. The Morgan fingerprint density at radius 3 is 1.88 bits per heavy atom. The zero-order valence-electron chi connectivity index (χ0n) is 27.8. The van der Waals surface area contributed by atoms with Gasteiger partial charge in [-0.3, -0.25) is 0 Å². The molecule has 0 radical (unpaired) electrons. The molecule has 0 saturated heterocycles. The molecule has 234 valence electrons.